The number of likely N-dealkylation sites (tertiary alicyclic amines) is 1. The zero-order chi connectivity index (χ0) is 23.0. The van der Waals surface area contributed by atoms with Gasteiger partial charge in [0.15, 0.2) is 0 Å². The molecule has 1 fully saturated rings. The van der Waals surface area contributed by atoms with E-state index in [1.54, 1.807) is 12.4 Å². The molecular weight excluding hydrogens is 393 g/mol. The van der Waals surface area contributed by atoms with E-state index >= 15 is 0 Å². The molecule has 0 amide bonds. The summed E-state index contributed by atoms with van der Waals surface area (Å²) in [5.41, 5.74) is 5.18. The van der Waals surface area contributed by atoms with Gasteiger partial charge >= 0.3 is 172 Å². The Kier molecular flexibility index (Phi) is 8.36. The van der Waals surface area contributed by atoms with Crippen LogP contribution in [0.5, 0.6) is 0 Å². The summed E-state index contributed by atoms with van der Waals surface area (Å²) in [6.07, 6.45) is 9.44. The Labute approximate surface area is 193 Å². The summed E-state index contributed by atoms with van der Waals surface area (Å²) in [4.78, 5) is 23.2. The van der Waals surface area contributed by atoms with Gasteiger partial charge in [-0.1, -0.05) is 20.8 Å². The molecule has 4 nitrogen and oxygen atoms in total. The molecule has 32 heavy (non-hydrogen) atoms. The van der Waals surface area contributed by atoms with Crippen molar-refractivity contribution in [2.45, 2.75) is 66.1 Å². The van der Waals surface area contributed by atoms with E-state index in [0.717, 1.165) is 67.7 Å². The minimum atomic E-state index is -0.228. The van der Waals surface area contributed by atoms with Crippen LogP contribution in [0.15, 0.2) is 59.5 Å². The molecule has 2 aliphatic rings. The number of aromatic nitrogens is 1. The summed E-state index contributed by atoms with van der Waals surface area (Å²) in [5, 5.41) is 0. The Morgan fingerprint density at radius 2 is 1.78 bits per heavy atom. The molecule has 5 heteroatoms. The number of nitrogens with zero attached hydrogens (tertiary/aromatic N) is 3. The van der Waals surface area contributed by atoms with E-state index in [4.69, 9.17) is 4.99 Å². The summed E-state index contributed by atoms with van der Waals surface area (Å²) < 4.78 is 0. The van der Waals surface area contributed by atoms with Gasteiger partial charge in [-0.3, -0.25) is 0 Å². The molecule has 1 aromatic heterocycles. The van der Waals surface area contributed by atoms with Crippen molar-refractivity contribution in [1.29, 1.82) is 0 Å². The normalized spacial score (nSPS) is 19.9. The molecule has 166 valence electrons. The van der Waals surface area contributed by atoms with E-state index in [1.807, 2.05) is 26.0 Å². The average molecular weight is 427 g/mol. The number of amidine groups is 1. The molecular formula is C27H34BN3O. The second-order valence-electron chi connectivity index (χ2n) is 8.57. The molecule has 2 aromatic rings. The van der Waals surface area contributed by atoms with Gasteiger partial charge in [-0.25, -0.2) is 0 Å². The fourth-order valence-corrected chi connectivity index (χ4v) is 4.65. The van der Waals surface area contributed by atoms with Crippen molar-refractivity contribution in [3.05, 3.63) is 71.2 Å². The molecule has 2 aliphatic heterocycles. The number of allylic oxidation sites excluding steroid dienone is 1. The van der Waals surface area contributed by atoms with Crippen LogP contribution in [0.2, 0.25) is 6.32 Å². The molecule has 0 N–H and O–H groups in total. The van der Waals surface area contributed by atoms with Crippen LogP contribution in [-0.4, -0.2) is 40.7 Å². The Bertz CT molecular complexity index is 1010. The van der Waals surface area contributed by atoms with Gasteiger partial charge in [0.2, 0.25) is 0 Å². The zero-order valence-corrected chi connectivity index (χ0v) is 19.9. The zero-order valence-electron chi connectivity index (χ0n) is 19.9. The van der Waals surface area contributed by atoms with Crippen molar-refractivity contribution in [2.24, 2.45) is 10.4 Å². The summed E-state index contributed by atoms with van der Waals surface area (Å²) in [7, 11) is 0. The number of aryl methyl sites for hydroxylation is 1. The quantitative estimate of drug-likeness (QED) is 0.491. The second kappa shape index (κ2) is 11.2. The Hall–Kier alpha value is -2.78. The molecule has 1 unspecified atom stereocenters. The van der Waals surface area contributed by atoms with Gasteiger partial charge in [0.1, 0.15) is 0 Å². The van der Waals surface area contributed by atoms with Crippen LogP contribution < -0.4 is 0 Å². The van der Waals surface area contributed by atoms with Crippen LogP contribution in [-0.2, 0) is 17.6 Å². The van der Waals surface area contributed by atoms with Crippen LogP contribution in [0, 0.1) is 5.41 Å². The third-order valence-corrected chi connectivity index (χ3v) is 6.22. The minimum absolute atomic E-state index is 0.228. The SMILES string of the molecule is CC.CCCc1ccc(CC2(C)CCCN(C3=NC(c4ccncc4)=BC3)C2=C=O)cc1. The third-order valence-electron chi connectivity index (χ3n) is 6.22. The molecule has 1 aromatic carbocycles. The van der Waals surface area contributed by atoms with Gasteiger partial charge in [-0.05, 0) is 0 Å². The molecule has 0 spiro atoms. The predicted molar refractivity (Wildman–Crippen MR) is 135 cm³/mol. The van der Waals surface area contributed by atoms with Crippen molar-refractivity contribution in [3.63, 3.8) is 0 Å². The molecule has 0 radical (unpaired) electrons. The molecule has 1 atom stereocenters. The maximum absolute atomic E-state index is 12.1. The summed E-state index contributed by atoms with van der Waals surface area (Å²) >= 11 is 0. The van der Waals surface area contributed by atoms with Crippen LogP contribution >= 0.6 is 0 Å². The van der Waals surface area contributed by atoms with Crippen molar-refractivity contribution in [2.75, 3.05) is 6.54 Å². The van der Waals surface area contributed by atoms with Gasteiger partial charge in [-0.2, -0.15) is 0 Å². The topological polar surface area (TPSA) is 45.6 Å². The van der Waals surface area contributed by atoms with Gasteiger partial charge in [0.25, 0.3) is 0 Å². The van der Waals surface area contributed by atoms with Crippen LogP contribution in [0.1, 0.15) is 63.6 Å². The molecule has 0 aliphatic carbocycles. The number of carbonyl (C=O) groups excluding carboxylic acids is 1. The first kappa shape index (κ1) is 23.9. The van der Waals surface area contributed by atoms with Crippen LogP contribution in [0.3, 0.4) is 0 Å². The first-order valence-corrected chi connectivity index (χ1v) is 11.9. The van der Waals surface area contributed by atoms with Gasteiger partial charge < -0.3 is 0 Å². The number of hydrogen-bond donors (Lipinski definition) is 0. The van der Waals surface area contributed by atoms with Crippen molar-refractivity contribution in [3.8, 4) is 0 Å². The first-order valence-electron chi connectivity index (χ1n) is 11.9. The van der Waals surface area contributed by atoms with Gasteiger partial charge in [-0.15, -0.1) is 0 Å². The van der Waals surface area contributed by atoms with E-state index in [9.17, 15) is 4.79 Å². The maximum atomic E-state index is 12.1. The molecule has 0 bridgehead atoms. The fourth-order valence-electron chi connectivity index (χ4n) is 4.65. The van der Waals surface area contributed by atoms with Crippen molar-refractivity contribution < 1.29 is 4.79 Å². The molecule has 4 rings (SSSR count). The van der Waals surface area contributed by atoms with Gasteiger partial charge in [0.05, 0.1) is 0 Å². The monoisotopic (exact) mass is 427 g/mol. The Balaban J connectivity index is 0.00000141. The average Bonchev–Trinajstić information content (AvgIpc) is 3.32. The van der Waals surface area contributed by atoms with Crippen LogP contribution in [0.25, 0.3) is 0 Å². The van der Waals surface area contributed by atoms with E-state index in [-0.39, 0.29) is 5.41 Å². The molecule has 1 saturated heterocycles. The van der Waals surface area contributed by atoms with Crippen molar-refractivity contribution >= 4 is 24.3 Å². The Morgan fingerprint density at radius 1 is 1.09 bits per heavy atom. The van der Waals surface area contributed by atoms with E-state index in [2.05, 4.69) is 60.9 Å². The van der Waals surface area contributed by atoms with Gasteiger partial charge in [0, 0.05) is 0 Å². The standard InChI is InChI=1S/C25H28BN3O.C2H6/c1-3-5-19-6-8-20(9-7-19)16-25(2)12-4-15-29(22(25)18-30)23-17-26-24(28-23)21-10-13-27-14-11-21;1-2/h6-11,13-14H,3-5,12,15-17H2,1-2H3;1-2H3. The van der Waals surface area contributed by atoms with E-state index in [0.29, 0.717) is 0 Å². The number of piperidine rings is 1. The third kappa shape index (κ3) is 5.34. The number of hydrogen-bond acceptors (Lipinski definition) is 4. The predicted octanol–water partition coefficient (Wildman–Crippen LogP) is 5.13. The number of rotatable bonds is 5. The van der Waals surface area contributed by atoms with E-state index in [1.165, 1.54) is 11.1 Å². The number of pyridine rings is 1. The summed E-state index contributed by atoms with van der Waals surface area (Å²) in [5.74, 6) is 3.26. The number of aliphatic imine (C=N–C) groups is 1. The summed E-state index contributed by atoms with van der Waals surface area (Å²) in [6.45, 7) is 11.4. The fraction of sp³-hybridized carbons (Fsp3) is 0.444. The molecule has 0 saturated carbocycles. The second-order valence-corrected chi connectivity index (χ2v) is 8.57. The summed E-state index contributed by atoms with van der Waals surface area (Å²) in [6, 6.07) is 12.8. The van der Waals surface area contributed by atoms with Crippen LogP contribution in [0.4, 0.5) is 0 Å². The number of benzene rings is 1. The van der Waals surface area contributed by atoms with E-state index < -0.39 is 0 Å². The van der Waals surface area contributed by atoms with Crippen molar-refractivity contribution in [1.82, 2.24) is 9.88 Å². The molecule has 3 heterocycles. The first-order chi connectivity index (χ1) is 15.6. The Morgan fingerprint density at radius 3 is 2.44 bits per heavy atom.